The van der Waals surface area contributed by atoms with Gasteiger partial charge < -0.3 is 15.0 Å². The molecule has 1 heterocycles. The summed E-state index contributed by atoms with van der Waals surface area (Å²) in [5.74, 6) is -0.290. The van der Waals surface area contributed by atoms with E-state index in [1.807, 2.05) is 18.2 Å². The van der Waals surface area contributed by atoms with Crippen LogP contribution in [0.4, 0.5) is 5.69 Å². The smallest absolute Gasteiger partial charge is 0.337 e. The van der Waals surface area contributed by atoms with Crippen molar-refractivity contribution in [1.82, 2.24) is 4.90 Å². The second-order valence-corrected chi connectivity index (χ2v) is 4.79. The van der Waals surface area contributed by atoms with E-state index in [-0.39, 0.29) is 5.97 Å². The third kappa shape index (κ3) is 3.23. The minimum atomic E-state index is -0.290. The number of likely N-dealkylation sites (tertiary alicyclic amines) is 1. The number of hydrogen-bond acceptors (Lipinski definition) is 4. The Morgan fingerprint density at radius 2 is 2.11 bits per heavy atom. The van der Waals surface area contributed by atoms with Gasteiger partial charge in [0.05, 0.1) is 12.7 Å². The van der Waals surface area contributed by atoms with Crippen LogP contribution in [-0.2, 0) is 4.74 Å². The van der Waals surface area contributed by atoms with E-state index in [0.717, 1.165) is 31.6 Å². The molecule has 1 aliphatic rings. The number of anilines is 1. The SMILES string of the molecule is COC(=O)c1cccc(NC2CCN(C)CC2)c1. The van der Waals surface area contributed by atoms with Gasteiger partial charge in [0, 0.05) is 11.7 Å². The summed E-state index contributed by atoms with van der Waals surface area (Å²) < 4.78 is 4.72. The van der Waals surface area contributed by atoms with Crippen molar-refractivity contribution < 1.29 is 9.53 Å². The number of nitrogens with zero attached hydrogens (tertiary/aromatic N) is 1. The second kappa shape index (κ2) is 5.87. The van der Waals surface area contributed by atoms with Crippen LogP contribution in [0.2, 0.25) is 0 Å². The highest BCUT2D eigenvalue weighted by molar-refractivity contribution is 5.90. The number of nitrogens with one attached hydrogen (secondary N) is 1. The summed E-state index contributed by atoms with van der Waals surface area (Å²) >= 11 is 0. The number of benzene rings is 1. The van der Waals surface area contributed by atoms with Crippen LogP contribution in [0.15, 0.2) is 24.3 Å². The lowest BCUT2D eigenvalue weighted by atomic mass is 10.0. The molecule has 1 saturated heterocycles. The minimum Gasteiger partial charge on any atom is -0.465 e. The average molecular weight is 248 g/mol. The molecule has 18 heavy (non-hydrogen) atoms. The zero-order valence-corrected chi connectivity index (χ0v) is 11.0. The molecule has 0 spiro atoms. The maximum atomic E-state index is 11.4. The summed E-state index contributed by atoms with van der Waals surface area (Å²) in [6.45, 7) is 2.24. The molecule has 0 bridgehead atoms. The molecule has 0 aromatic heterocycles. The molecule has 0 aliphatic carbocycles. The van der Waals surface area contributed by atoms with E-state index in [4.69, 9.17) is 4.74 Å². The van der Waals surface area contributed by atoms with Gasteiger partial charge in [-0.25, -0.2) is 4.79 Å². The van der Waals surface area contributed by atoms with Crippen LogP contribution in [0.3, 0.4) is 0 Å². The molecule has 1 fully saturated rings. The number of hydrogen-bond donors (Lipinski definition) is 1. The molecule has 1 N–H and O–H groups in total. The number of rotatable bonds is 3. The van der Waals surface area contributed by atoms with Gasteiger partial charge in [-0.2, -0.15) is 0 Å². The Morgan fingerprint density at radius 1 is 1.39 bits per heavy atom. The first-order valence-electron chi connectivity index (χ1n) is 6.32. The fourth-order valence-electron chi connectivity index (χ4n) is 2.24. The van der Waals surface area contributed by atoms with E-state index in [9.17, 15) is 4.79 Å². The average Bonchev–Trinajstić information content (AvgIpc) is 2.41. The number of carbonyl (C=O) groups excluding carboxylic acids is 1. The van der Waals surface area contributed by atoms with Gasteiger partial charge in [0.15, 0.2) is 0 Å². The van der Waals surface area contributed by atoms with Gasteiger partial charge in [-0.3, -0.25) is 0 Å². The number of carbonyl (C=O) groups is 1. The fraction of sp³-hybridized carbons (Fsp3) is 0.500. The Morgan fingerprint density at radius 3 is 2.78 bits per heavy atom. The summed E-state index contributed by atoms with van der Waals surface area (Å²) in [7, 11) is 3.55. The van der Waals surface area contributed by atoms with E-state index in [1.165, 1.54) is 7.11 Å². The lowest BCUT2D eigenvalue weighted by molar-refractivity contribution is 0.0601. The number of piperidine rings is 1. The Kier molecular flexibility index (Phi) is 4.20. The van der Waals surface area contributed by atoms with Gasteiger partial charge in [0.1, 0.15) is 0 Å². The molecule has 4 nitrogen and oxygen atoms in total. The molecule has 98 valence electrons. The summed E-state index contributed by atoms with van der Waals surface area (Å²) in [6.07, 6.45) is 2.28. The summed E-state index contributed by atoms with van der Waals surface area (Å²) in [4.78, 5) is 13.8. The Balaban J connectivity index is 1.99. The summed E-state index contributed by atoms with van der Waals surface area (Å²) in [5.41, 5.74) is 1.59. The van der Waals surface area contributed by atoms with Crippen LogP contribution in [-0.4, -0.2) is 44.2 Å². The normalized spacial score (nSPS) is 17.4. The van der Waals surface area contributed by atoms with E-state index >= 15 is 0 Å². The predicted octanol–water partition coefficient (Wildman–Crippen LogP) is 1.98. The van der Waals surface area contributed by atoms with Crippen molar-refractivity contribution in [2.75, 3.05) is 32.6 Å². The molecule has 0 radical (unpaired) electrons. The highest BCUT2D eigenvalue weighted by Crippen LogP contribution is 2.17. The van der Waals surface area contributed by atoms with Gasteiger partial charge in [0.25, 0.3) is 0 Å². The fourth-order valence-corrected chi connectivity index (χ4v) is 2.24. The number of methoxy groups -OCH3 is 1. The van der Waals surface area contributed by atoms with Crippen molar-refractivity contribution in [2.24, 2.45) is 0 Å². The lowest BCUT2D eigenvalue weighted by Gasteiger charge is -2.30. The summed E-state index contributed by atoms with van der Waals surface area (Å²) in [5, 5.41) is 3.49. The molecule has 0 atom stereocenters. The van der Waals surface area contributed by atoms with E-state index in [0.29, 0.717) is 11.6 Å². The van der Waals surface area contributed by atoms with Crippen LogP contribution in [0.1, 0.15) is 23.2 Å². The molecule has 1 aromatic rings. The Hall–Kier alpha value is -1.55. The summed E-state index contributed by atoms with van der Waals surface area (Å²) in [6, 6.07) is 7.98. The van der Waals surface area contributed by atoms with Crippen molar-refractivity contribution in [3.8, 4) is 0 Å². The molecule has 0 saturated carbocycles. The first-order valence-corrected chi connectivity index (χ1v) is 6.32. The predicted molar refractivity (Wildman–Crippen MR) is 71.9 cm³/mol. The maximum Gasteiger partial charge on any atom is 0.337 e. The number of esters is 1. The molecule has 2 rings (SSSR count). The third-order valence-corrected chi connectivity index (χ3v) is 3.37. The van der Waals surface area contributed by atoms with E-state index in [2.05, 4.69) is 17.3 Å². The van der Waals surface area contributed by atoms with Crippen molar-refractivity contribution in [2.45, 2.75) is 18.9 Å². The molecular weight excluding hydrogens is 228 g/mol. The largest absolute Gasteiger partial charge is 0.465 e. The lowest BCUT2D eigenvalue weighted by Crippen LogP contribution is -2.36. The van der Waals surface area contributed by atoms with Gasteiger partial charge in [-0.15, -0.1) is 0 Å². The van der Waals surface area contributed by atoms with Gasteiger partial charge in [-0.05, 0) is 51.2 Å². The minimum absolute atomic E-state index is 0.290. The number of ether oxygens (including phenoxy) is 1. The molecular formula is C14H20N2O2. The first-order chi connectivity index (χ1) is 8.69. The van der Waals surface area contributed by atoms with Crippen molar-refractivity contribution in [3.63, 3.8) is 0 Å². The first kappa shape index (κ1) is 12.9. The van der Waals surface area contributed by atoms with Crippen LogP contribution >= 0.6 is 0 Å². The van der Waals surface area contributed by atoms with Crippen LogP contribution in [0.25, 0.3) is 0 Å². The molecule has 4 heteroatoms. The van der Waals surface area contributed by atoms with E-state index < -0.39 is 0 Å². The zero-order chi connectivity index (χ0) is 13.0. The zero-order valence-electron chi connectivity index (χ0n) is 11.0. The van der Waals surface area contributed by atoms with Crippen molar-refractivity contribution in [1.29, 1.82) is 0 Å². The van der Waals surface area contributed by atoms with Crippen molar-refractivity contribution >= 4 is 11.7 Å². The van der Waals surface area contributed by atoms with Gasteiger partial charge >= 0.3 is 5.97 Å². The maximum absolute atomic E-state index is 11.4. The van der Waals surface area contributed by atoms with Crippen LogP contribution in [0.5, 0.6) is 0 Å². The Labute approximate surface area is 108 Å². The molecule has 0 amide bonds. The highest BCUT2D eigenvalue weighted by Gasteiger charge is 2.16. The van der Waals surface area contributed by atoms with Crippen LogP contribution < -0.4 is 5.32 Å². The monoisotopic (exact) mass is 248 g/mol. The molecule has 1 aliphatic heterocycles. The third-order valence-electron chi connectivity index (χ3n) is 3.37. The second-order valence-electron chi connectivity index (χ2n) is 4.79. The molecule has 0 unspecified atom stereocenters. The molecule has 1 aromatic carbocycles. The van der Waals surface area contributed by atoms with Crippen LogP contribution in [0, 0.1) is 0 Å². The van der Waals surface area contributed by atoms with E-state index in [1.54, 1.807) is 6.07 Å². The Bertz CT molecular complexity index is 412. The standard InChI is InChI=1S/C14H20N2O2/c1-16-8-6-12(7-9-16)15-13-5-3-4-11(10-13)14(17)18-2/h3-5,10,12,15H,6-9H2,1-2H3. The van der Waals surface area contributed by atoms with Gasteiger partial charge in [-0.1, -0.05) is 6.07 Å². The van der Waals surface area contributed by atoms with Gasteiger partial charge in [0.2, 0.25) is 0 Å². The van der Waals surface area contributed by atoms with Crippen molar-refractivity contribution in [3.05, 3.63) is 29.8 Å². The quantitative estimate of drug-likeness (QED) is 0.830. The highest BCUT2D eigenvalue weighted by atomic mass is 16.5. The topological polar surface area (TPSA) is 41.6 Å².